The fourth-order valence-electron chi connectivity index (χ4n) is 5.23. The van der Waals surface area contributed by atoms with Gasteiger partial charge in [-0.25, -0.2) is 0 Å². The Labute approximate surface area is 234 Å². The molecule has 2 N–H and O–H groups in total. The Morgan fingerprint density at radius 1 is 0.395 bits per heavy atom. The summed E-state index contributed by atoms with van der Waals surface area (Å²) in [5.74, 6) is 0. The van der Waals surface area contributed by atoms with Gasteiger partial charge in [0.25, 0.3) is 0 Å². The van der Waals surface area contributed by atoms with Gasteiger partial charge in [-0.2, -0.15) is 0 Å². The molecule has 3 saturated heterocycles. The molecule has 0 radical (unpaired) electrons. The second-order valence-corrected chi connectivity index (χ2v) is 12.2. The minimum absolute atomic E-state index is 0.307. The van der Waals surface area contributed by atoms with Crippen molar-refractivity contribution in [3.05, 3.63) is 0 Å². The third-order valence-electron chi connectivity index (χ3n) is 8.16. The summed E-state index contributed by atoms with van der Waals surface area (Å²) in [4.78, 5) is 20.0. The van der Waals surface area contributed by atoms with E-state index in [2.05, 4.69) is 67.4 Å². The highest BCUT2D eigenvalue weighted by Gasteiger charge is 2.18. The van der Waals surface area contributed by atoms with Crippen molar-refractivity contribution >= 4 is 0 Å². The lowest BCUT2D eigenvalue weighted by molar-refractivity contribution is 0.0909. The Kier molecular flexibility index (Phi) is 16.8. The number of hydrogen-bond acceptors (Lipinski definition) is 10. The quantitative estimate of drug-likeness (QED) is 0.449. The van der Waals surface area contributed by atoms with Crippen LogP contribution in [0.4, 0.5) is 0 Å². The number of aliphatic hydroxyl groups is 2. The largest absolute Gasteiger partial charge is 0.392 e. The molecule has 0 aromatic heterocycles. The third-order valence-corrected chi connectivity index (χ3v) is 8.16. The predicted octanol–water partition coefficient (Wildman–Crippen LogP) is -1.29. The zero-order valence-electron chi connectivity index (χ0n) is 25.8. The molecule has 3 fully saturated rings. The van der Waals surface area contributed by atoms with E-state index in [1.54, 1.807) is 0 Å². The minimum atomic E-state index is -0.307. The smallest absolute Gasteiger partial charge is 0.0639 e. The normalized spacial score (nSPS) is 29.7. The maximum Gasteiger partial charge on any atom is 0.0639 e. The van der Waals surface area contributed by atoms with Gasteiger partial charge in [0.05, 0.1) is 12.2 Å². The van der Waals surface area contributed by atoms with Crippen molar-refractivity contribution < 1.29 is 10.2 Å². The number of aliphatic hydroxyl groups excluding tert-OH is 2. The van der Waals surface area contributed by atoms with Gasteiger partial charge in [-0.1, -0.05) is 0 Å². The fourth-order valence-corrected chi connectivity index (χ4v) is 5.23. The maximum atomic E-state index is 10.2. The van der Waals surface area contributed by atoms with Gasteiger partial charge in [-0.15, -0.1) is 0 Å². The van der Waals surface area contributed by atoms with Crippen LogP contribution >= 0.6 is 0 Å². The van der Waals surface area contributed by atoms with Gasteiger partial charge < -0.3 is 29.8 Å². The van der Waals surface area contributed by atoms with Gasteiger partial charge in [0.2, 0.25) is 0 Å². The van der Waals surface area contributed by atoms with E-state index in [0.29, 0.717) is 0 Å². The lowest BCUT2D eigenvalue weighted by Crippen LogP contribution is -2.48. The Balaban J connectivity index is 2.24. The van der Waals surface area contributed by atoms with Crippen LogP contribution in [0.2, 0.25) is 0 Å². The molecule has 3 rings (SSSR count). The molecule has 3 heterocycles. The summed E-state index contributed by atoms with van der Waals surface area (Å²) in [7, 11) is 8.99. The van der Waals surface area contributed by atoms with E-state index < -0.39 is 0 Å². The van der Waals surface area contributed by atoms with Crippen LogP contribution in [-0.4, -0.2) is 221 Å². The Bertz CT molecular complexity index is 549. The lowest BCUT2D eigenvalue weighted by Gasteiger charge is -2.34. The predicted molar refractivity (Wildman–Crippen MR) is 159 cm³/mol. The first kappa shape index (κ1) is 33.8. The number of rotatable bonds is 4. The van der Waals surface area contributed by atoms with Crippen LogP contribution in [0.1, 0.15) is 13.8 Å². The van der Waals surface area contributed by atoms with Crippen LogP contribution in [0.25, 0.3) is 0 Å². The number of fused-ring (bicyclic) bond motifs is 21. The molecule has 10 nitrogen and oxygen atoms in total. The van der Waals surface area contributed by atoms with E-state index in [1.165, 1.54) is 0 Å². The van der Waals surface area contributed by atoms with Crippen molar-refractivity contribution in [2.75, 3.05) is 159 Å². The maximum absolute atomic E-state index is 10.2. The van der Waals surface area contributed by atoms with Crippen LogP contribution in [-0.2, 0) is 0 Å². The Morgan fingerprint density at radius 3 is 0.895 bits per heavy atom. The van der Waals surface area contributed by atoms with E-state index in [1.807, 2.05) is 13.8 Å². The molecule has 0 aliphatic carbocycles. The molecular formula is C28H62N8O2. The highest BCUT2D eigenvalue weighted by atomic mass is 16.3. The fraction of sp³-hybridized carbons (Fsp3) is 1.00. The van der Waals surface area contributed by atoms with Gasteiger partial charge in [-0.3, -0.25) is 19.6 Å². The lowest BCUT2D eigenvalue weighted by atomic mass is 10.3. The van der Waals surface area contributed by atoms with Crippen LogP contribution in [0.5, 0.6) is 0 Å². The average molecular weight is 543 g/mol. The van der Waals surface area contributed by atoms with Gasteiger partial charge >= 0.3 is 0 Å². The zero-order valence-corrected chi connectivity index (χ0v) is 25.8. The molecule has 226 valence electrons. The summed E-state index contributed by atoms with van der Waals surface area (Å²) in [6, 6.07) is 0. The Morgan fingerprint density at radius 2 is 0.605 bits per heavy atom. The monoisotopic (exact) mass is 542 g/mol. The van der Waals surface area contributed by atoms with Crippen molar-refractivity contribution in [1.29, 1.82) is 0 Å². The van der Waals surface area contributed by atoms with E-state index >= 15 is 0 Å². The van der Waals surface area contributed by atoms with Crippen molar-refractivity contribution in [1.82, 2.24) is 39.2 Å². The van der Waals surface area contributed by atoms with Gasteiger partial charge in [-0.05, 0) is 42.0 Å². The van der Waals surface area contributed by atoms with Crippen LogP contribution < -0.4 is 0 Å². The summed E-state index contributed by atoms with van der Waals surface area (Å²) in [5.41, 5.74) is 0. The van der Waals surface area contributed by atoms with Crippen LogP contribution in [0.3, 0.4) is 0 Å². The second-order valence-electron chi connectivity index (χ2n) is 12.2. The molecule has 4 atom stereocenters. The topological polar surface area (TPSA) is 66.4 Å². The Hall–Kier alpha value is -0.400. The van der Waals surface area contributed by atoms with Crippen molar-refractivity contribution in [3.63, 3.8) is 0 Å². The van der Waals surface area contributed by atoms with Crippen LogP contribution in [0.15, 0.2) is 0 Å². The summed E-state index contributed by atoms with van der Waals surface area (Å²) < 4.78 is 0. The summed E-state index contributed by atoms with van der Waals surface area (Å²) >= 11 is 0. The highest BCUT2D eigenvalue weighted by molar-refractivity contribution is 4.74. The summed E-state index contributed by atoms with van der Waals surface area (Å²) in [5, 5.41) is 20.3. The molecule has 4 unspecified atom stereocenters. The molecular weight excluding hydrogens is 480 g/mol. The molecule has 10 heteroatoms. The van der Waals surface area contributed by atoms with Gasteiger partial charge in [0.1, 0.15) is 0 Å². The molecule has 0 aromatic rings. The highest BCUT2D eigenvalue weighted by Crippen LogP contribution is 2.03. The standard InChI is InChI=1S/C28H62N8O2/c1-27(37)25-35-19-13-31(5)11-18-34-16-10-30(4)8-7-29(3)9-15-33(21-23-35)17-12-32(6)14-20-36(24-22-34)26-28(2)38/h27-28,37-38H,7-26H2,1-6H3. The summed E-state index contributed by atoms with van der Waals surface area (Å²) in [6.07, 6.45) is -0.613. The zero-order chi connectivity index (χ0) is 27.9. The summed E-state index contributed by atoms with van der Waals surface area (Å²) in [6.45, 7) is 24.0. The first-order chi connectivity index (χ1) is 18.1. The van der Waals surface area contributed by atoms with Gasteiger partial charge in [0, 0.05) is 131 Å². The van der Waals surface area contributed by atoms with Crippen molar-refractivity contribution in [2.24, 2.45) is 0 Å². The van der Waals surface area contributed by atoms with E-state index in [9.17, 15) is 10.2 Å². The molecule has 0 amide bonds. The molecule has 2 bridgehead atoms. The molecule has 0 spiro atoms. The first-order valence-electron chi connectivity index (χ1n) is 15.1. The van der Waals surface area contributed by atoms with E-state index in [4.69, 9.17) is 0 Å². The number of nitrogens with zero attached hydrogens (tertiary/aromatic N) is 8. The molecule has 3 aliphatic rings. The molecule has 0 aromatic carbocycles. The molecule has 0 saturated carbocycles. The average Bonchev–Trinajstić information content (AvgIpc) is 2.85. The first-order valence-corrected chi connectivity index (χ1v) is 15.1. The number of likely N-dealkylation sites (N-methyl/N-ethyl adjacent to an activating group) is 4. The van der Waals surface area contributed by atoms with Crippen LogP contribution in [0, 0.1) is 0 Å². The van der Waals surface area contributed by atoms with E-state index in [0.717, 1.165) is 131 Å². The molecule has 38 heavy (non-hydrogen) atoms. The minimum Gasteiger partial charge on any atom is -0.392 e. The van der Waals surface area contributed by atoms with Crippen molar-refractivity contribution in [3.8, 4) is 0 Å². The van der Waals surface area contributed by atoms with Gasteiger partial charge in [0.15, 0.2) is 0 Å². The third kappa shape index (κ3) is 15.4. The second kappa shape index (κ2) is 18.9. The van der Waals surface area contributed by atoms with E-state index in [-0.39, 0.29) is 12.2 Å². The SMILES string of the molecule is CC(O)CN1CCN(C)CCN2CCN(C)CCN(C)CCN(CCN(C)CCN(CC(C)O)CC2)CC1. The number of hydrogen-bond donors (Lipinski definition) is 2. The molecule has 3 aliphatic heterocycles. The van der Waals surface area contributed by atoms with Crippen molar-refractivity contribution in [2.45, 2.75) is 26.1 Å².